The maximum Gasteiger partial charge on any atom is 0.282 e. The Labute approximate surface area is 96.5 Å². The number of aromatic nitrogens is 2. The molecule has 2 aromatic rings. The van der Waals surface area contributed by atoms with E-state index in [0.29, 0.717) is 0 Å². The minimum atomic E-state index is -3.76. The lowest BCUT2D eigenvalue weighted by atomic mass is 10.3. The molecule has 0 unspecified atom stereocenters. The van der Waals surface area contributed by atoms with E-state index in [9.17, 15) is 18.5 Å². The predicted octanol–water partition coefficient (Wildman–Crippen LogP) is 1.03. The summed E-state index contributed by atoms with van der Waals surface area (Å²) in [6, 6.07) is 6.10. The lowest BCUT2D eigenvalue weighted by molar-refractivity contribution is -0.384. The van der Waals surface area contributed by atoms with E-state index in [1.54, 1.807) is 0 Å². The second-order valence-corrected chi connectivity index (χ2v) is 4.93. The summed E-state index contributed by atoms with van der Waals surface area (Å²) in [6.45, 7) is 0. The van der Waals surface area contributed by atoms with Crippen molar-refractivity contribution >= 4 is 15.7 Å². The van der Waals surface area contributed by atoms with E-state index in [1.807, 2.05) is 0 Å². The summed E-state index contributed by atoms with van der Waals surface area (Å²) in [5.41, 5.74) is -0.163. The summed E-state index contributed by atoms with van der Waals surface area (Å²) in [4.78, 5) is 9.79. The van der Waals surface area contributed by atoms with Crippen LogP contribution in [-0.4, -0.2) is 22.5 Å². The summed E-state index contributed by atoms with van der Waals surface area (Å²) >= 11 is 0. The maximum atomic E-state index is 11.9. The molecule has 17 heavy (non-hydrogen) atoms. The SMILES string of the molecule is O=[N+]([O-])c1ccc(S(=O)(=O)n2cccn2)cc1. The minimum Gasteiger partial charge on any atom is -0.258 e. The molecular formula is C9H7N3O4S. The van der Waals surface area contributed by atoms with Crippen LogP contribution in [0, 0.1) is 10.1 Å². The van der Waals surface area contributed by atoms with E-state index >= 15 is 0 Å². The minimum absolute atomic E-state index is 0.0493. The fraction of sp³-hybridized carbons (Fsp3) is 0. The van der Waals surface area contributed by atoms with Crippen molar-refractivity contribution in [1.29, 1.82) is 0 Å². The number of nitro groups is 1. The molecule has 0 aliphatic rings. The van der Waals surface area contributed by atoms with Gasteiger partial charge in [-0.1, -0.05) is 0 Å². The summed E-state index contributed by atoms with van der Waals surface area (Å²) in [5.74, 6) is 0. The summed E-state index contributed by atoms with van der Waals surface area (Å²) in [6.07, 6.45) is 2.62. The normalized spacial score (nSPS) is 11.3. The molecule has 0 atom stereocenters. The Balaban J connectivity index is 2.45. The van der Waals surface area contributed by atoms with E-state index in [0.717, 1.165) is 16.2 Å². The first kappa shape index (κ1) is 11.3. The maximum absolute atomic E-state index is 11.9. The Bertz CT molecular complexity index is 631. The number of rotatable bonds is 3. The van der Waals surface area contributed by atoms with E-state index in [-0.39, 0.29) is 10.6 Å². The standard InChI is InChI=1S/C9H7N3O4S/c13-12(14)8-2-4-9(5-3-8)17(15,16)11-7-1-6-10-11/h1-7H. The van der Waals surface area contributed by atoms with Crippen molar-refractivity contribution in [3.05, 3.63) is 52.8 Å². The summed E-state index contributed by atoms with van der Waals surface area (Å²) in [7, 11) is -3.76. The largest absolute Gasteiger partial charge is 0.282 e. The van der Waals surface area contributed by atoms with Crippen LogP contribution in [0.2, 0.25) is 0 Å². The molecular weight excluding hydrogens is 246 g/mol. The van der Waals surface area contributed by atoms with E-state index in [1.165, 1.54) is 30.6 Å². The molecule has 1 heterocycles. The first-order chi connectivity index (χ1) is 8.01. The Morgan fingerprint density at radius 1 is 1.24 bits per heavy atom. The molecule has 2 rings (SSSR count). The van der Waals surface area contributed by atoms with Crippen molar-refractivity contribution in [3.63, 3.8) is 0 Å². The second-order valence-electron chi connectivity index (χ2n) is 3.13. The van der Waals surface area contributed by atoms with Crippen molar-refractivity contribution in [3.8, 4) is 0 Å². The molecule has 0 aliphatic carbocycles. The molecule has 0 aliphatic heterocycles. The zero-order chi connectivity index (χ0) is 12.5. The topological polar surface area (TPSA) is 95.1 Å². The van der Waals surface area contributed by atoms with Gasteiger partial charge in [0.15, 0.2) is 0 Å². The summed E-state index contributed by atoms with van der Waals surface area (Å²) < 4.78 is 24.6. The lowest BCUT2D eigenvalue weighted by Gasteiger charge is -2.03. The molecule has 0 radical (unpaired) electrons. The third kappa shape index (κ3) is 2.02. The highest BCUT2D eigenvalue weighted by Crippen LogP contribution is 2.17. The van der Waals surface area contributed by atoms with Crippen LogP contribution in [0.4, 0.5) is 5.69 Å². The number of nitrogens with zero attached hydrogens (tertiary/aromatic N) is 3. The zero-order valence-corrected chi connectivity index (χ0v) is 9.24. The van der Waals surface area contributed by atoms with Crippen molar-refractivity contribution < 1.29 is 13.3 Å². The Hall–Kier alpha value is -2.22. The molecule has 7 nitrogen and oxygen atoms in total. The fourth-order valence-corrected chi connectivity index (χ4v) is 2.35. The van der Waals surface area contributed by atoms with Crippen LogP contribution in [0.5, 0.6) is 0 Å². The molecule has 8 heteroatoms. The van der Waals surface area contributed by atoms with Gasteiger partial charge in [0.1, 0.15) is 0 Å². The molecule has 0 saturated heterocycles. The summed E-state index contributed by atoms with van der Waals surface area (Å²) in [5, 5.41) is 14.0. The average molecular weight is 253 g/mol. The highest BCUT2D eigenvalue weighted by Gasteiger charge is 2.17. The van der Waals surface area contributed by atoms with E-state index in [2.05, 4.69) is 5.10 Å². The van der Waals surface area contributed by atoms with Crippen LogP contribution in [0.25, 0.3) is 0 Å². The van der Waals surface area contributed by atoms with Gasteiger partial charge in [0.2, 0.25) is 0 Å². The van der Waals surface area contributed by atoms with Crippen LogP contribution in [0.3, 0.4) is 0 Å². The third-order valence-corrected chi connectivity index (χ3v) is 3.65. The van der Waals surface area contributed by atoms with Gasteiger partial charge < -0.3 is 0 Å². The zero-order valence-electron chi connectivity index (χ0n) is 8.42. The molecule has 0 N–H and O–H groups in total. The van der Waals surface area contributed by atoms with Crippen molar-refractivity contribution in [1.82, 2.24) is 9.19 Å². The van der Waals surface area contributed by atoms with E-state index in [4.69, 9.17) is 0 Å². The van der Waals surface area contributed by atoms with Crippen molar-refractivity contribution in [2.24, 2.45) is 0 Å². The Morgan fingerprint density at radius 2 is 1.88 bits per heavy atom. The smallest absolute Gasteiger partial charge is 0.258 e. The molecule has 0 bridgehead atoms. The van der Waals surface area contributed by atoms with Gasteiger partial charge in [-0.2, -0.15) is 17.6 Å². The fourth-order valence-electron chi connectivity index (χ4n) is 1.24. The molecule has 1 aromatic carbocycles. The molecule has 0 spiro atoms. The highest BCUT2D eigenvalue weighted by atomic mass is 32.2. The number of hydrogen-bond acceptors (Lipinski definition) is 5. The lowest BCUT2D eigenvalue weighted by Crippen LogP contribution is -2.13. The van der Waals surface area contributed by atoms with Gasteiger partial charge in [-0.3, -0.25) is 10.1 Å². The van der Waals surface area contributed by atoms with Gasteiger partial charge in [-0.25, -0.2) is 0 Å². The molecule has 0 amide bonds. The van der Waals surface area contributed by atoms with Gasteiger partial charge in [0.05, 0.1) is 16.0 Å². The van der Waals surface area contributed by atoms with Gasteiger partial charge in [0, 0.05) is 18.3 Å². The number of nitro benzene ring substituents is 1. The van der Waals surface area contributed by atoms with E-state index < -0.39 is 14.9 Å². The van der Waals surface area contributed by atoms with Crippen LogP contribution in [0.15, 0.2) is 47.6 Å². The number of non-ortho nitro benzene ring substituents is 1. The van der Waals surface area contributed by atoms with Crippen LogP contribution in [-0.2, 0) is 10.0 Å². The van der Waals surface area contributed by atoms with Crippen LogP contribution < -0.4 is 0 Å². The molecule has 0 fully saturated rings. The Kier molecular flexibility index (Phi) is 2.64. The van der Waals surface area contributed by atoms with Gasteiger partial charge in [0.25, 0.3) is 15.7 Å². The molecule has 1 aromatic heterocycles. The average Bonchev–Trinajstić information content (AvgIpc) is 2.83. The van der Waals surface area contributed by atoms with Crippen molar-refractivity contribution in [2.45, 2.75) is 4.90 Å². The third-order valence-electron chi connectivity index (χ3n) is 2.07. The highest BCUT2D eigenvalue weighted by molar-refractivity contribution is 7.89. The number of hydrogen-bond donors (Lipinski definition) is 0. The predicted molar refractivity (Wildman–Crippen MR) is 57.9 cm³/mol. The quantitative estimate of drug-likeness (QED) is 0.601. The first-order valence-corrected chi connectivity index (χ1v) is 5.95. The number of benzene rings is 1. The first-order valence-electron chi connectivity index (χ1n) is 4.51. The monoisotopic (exact) mass is 253 g/mol. The van der Waals surface area contributed by atoms with Gasteiger partial charge >= 0.3 is 0 Å². The van der Waals surface area contributed by atoms with Crippen LogP contribution in [0.1, 0.15) is 0 Å². The van der Waals surface area contributed by atoms with Crippen LogP contribution >= 0.6 is 0 Å². The van der Waals surface area contributed by atoms with Crippen molar-refractivity contribution in [2.75, 3.05) is 0 Å². The molecule has 88 valence electrons. The Morgan fingerprint density at radius 3 is 2.35 bits per heavy atom. The second kappa shape index (κ2) is 3.98. The molecule has 0 saturated carbocycles. The van der Waals surface area contributed by atoms with Gasteiger partial charge in [-0.15, -0.1) is 0 Å². The van der Waals surface area contributed by atoms with Gasteiger partial charge in [-0.05, 0) is 18.2 Å².